The molecule has 3 N–H and O–H groups in total. The van der Waals surface area contributed by atoms with Crippen molar-refractivity contribution in [1.82, 2.24) is 24.4 Å². The van der Waals surface area contributed by atoms with Crippen LogP contribution in [0.2, 0.25) is 0 Å². The zero-order valence-corrected chi connectivity index (χ0v) is 18.3. The second-order valence-corrected chi connectivity index (χ2v) is 8.93. The van der Waals surface area contributed by atoms with Gasteiger partial charge in [0.05, 0.1) is 18.8 Å². The molecule has 3 heterocycles. The van der Waals surface area contributed by atoms with E-state index in [9.17, 15) is 24.6 Å². The number of amides is 2. The minimum atomic E-state index is -0.610. The number of aliphatic hydroxyl groups excluding tert-OH is 1. The number of carbonyl (C=O) groups excluding carboxylic acids is 2. The smallest absolute Gasteiger partial charge is 0.270 e. The van der Waals surface area contributed by atoms with Crippen molar-refractivity contribution in [1.29, 1.82) is 0 Å². The molecule has 2 fully saturated rings. The molecular formula is C22H29N5O5. The molecule has 32 heavy (non-hydrogen) atoms. The predicted molar refractivity (Wildman–Crippen MR) is 117 cm³/mol. The summed E-state index contributed by atoms with van der Waals surface area (Å²) >= 11 is 0. The summed E-state index contributed by atoms with van der Waals surface area (Å²) in [4.78, 5) is 40.1. The second kappa shape index (κ2) is 8.78. The molecule has 2 aromatic rings. The average Bonchev–Trinajstić information content (AvgIpc) is 3.26. The molecule has 0 aromatic carbocycles. The zero-order chi connectivity index (χ0) is 23.0. The van der Waals surface area contributed by atoms with Gasteiger partial charge in [-0.3, -0.25) is 19.0 Å². The first kappa shape index (κ1) is 22.1. The highest BCUT2D eigenvalue weighted by atomic mass is 16.3. The van der Waals surface area contributed by atoms with Crippen LogP contribution in [0, 0.1) is 5.92 Å². The van der Waals surface area contributed by atoms with Crippen LogP contribution >= 0.6 is 0 Å². The van der Waals surface area contributed by atoms with Gasteiger partial charge in [-0.05, 0) is 37.7 Å². The lowest BCUT2D eigenvalue weighted by molar-refractivity contribution is -0.127. The van der Waals surface area contributed by atoms with Crippen LogP contribution in [0.25, 0.3) is 11.7 Å². The van der Waals surface area contributed by atoms with Crippen LogP contribution in [-0.4, -0.2) is 66.3 Å². The van der Waals surface area contributed by atoms with Gasteiger partial charge in [-0.2, -0.15) is 9.61 Å². The quantitative estimate of drug-likeness (QED) is 0.542. The van der Waals surface area contributed by atoms with Crippen LogP contribution in [0.5, 0.6) is 5.88 Å². The molecule has 1 aliphatic heterocycles. The topological polar surface area (TPSA) is 129 Å². The van der Waals surface area contributed by atoms with Crippen LogP contribution in [0.3, 0.4) is 0 Å². The van der Waals surface area contributed by atoms with Crippen molar-refractivity contribution in [3.05, 3.63) is 33.8 Å². The number of aromatic nitrogens is 3. The average molecular weight is 444 g/mol. The van der Waals surface area contributed by atoms with Gasteiger partial charge in [0.25, 0.3) is 11.5 Å². The van der Waals surface area contributed by atoms with E-state index in [2.05, 4.69) is 10.4 Å². The maximum atomic E-state index is 13.2. The highest BCUT2D eigenvalue weighted by molar-refractivity contribution is 5.97. The lowest BCUT2D eigenvalue weighted by Gasteiger charge is -2.21. The fourth-order valence-corrected chi connectivity index (χ4v) is 4.12. The first-order chi connectivity index (χ1) is 15.3. The summed E-state index contributed by atoms with van der Waals surface area (Å²) in [6, 6.07) is -0.155. The number of rotatable bonds is 7. The van der Waals surface area contributed by atoms with E-state index in [1.54, 1.807) is 11.0 Å². The van der Waals surface area contributed by atoms with Crippen molar-refractivity contribution in [2.45, 2.75) is 58.2 Å². The van der Waals surface area contributed by atoms with Crippen molar-refractivity contribution >= 4 is 23.5 Å². The Labute approximate surface area is 185 Å². The Hall–Kier alpha value is -3.14. The van der Waals surface area contributed by atoms with Crippen molar-refractivity contribution in [2.24, 2.45) is 5.92 Å². The van der Waals surface area contributed by atoms with E-state index in [1.807, 2.05) is 13.8 Å². The number of nitrogens with one attached hydrogen (secondary N) is 1. The van der Waals surface area contributed by atoms with Gasteiger partial charge in [0.15, 0.2) is 5.56 Å². The standard InChI is InChI=1S/C22H29N5O5/c1-13(2)11-26-20-14(5-8-17(29)25-9-3-4-16(25)12-28)10-23-27(20)22(32)18(21(26)31)19(30)24-15-6-7-15/h5,8,10,13,15-16,28,32H,3-4,6-7,9,11-12H2,1-2H3,(H,24,30)/b8-5+/t16-/m0/s1. The van der Waals surface area contributed by atoms with Gasteiger partial charge in [0, 0.05) is 30.8 Å². The first-order valence-electron chi connectivity index (χ1n) is 11.1. The van der Waals surface area contributed by atoms with Crippen LogP contribution < -0.4 is 10.9 Å². The van der Waals surface area contributed by atoms with Gasteiger partial charge in [0.1, 0.15) is 5.65 Å². The molecule has 2 aliphatic rings. The van der Waals surface area contributed by atoms with E-state index in [0.29, 0.717) is 24.3 Å². The highest BCUT2D eigenvalue weighted by Crippen LogP contribution is 2.24. The molecule has 10 nitrogen and oxygen atoms in total. The van der Waals surface area contributed by atoms with Crippen LogP contribution in [0.15, 0.2) is 17.1 Å². The van der Waals surface area contributed by atoms with Crippen LogP contribution in [0.4, 0.5) is 0 Å². The van der Waals surface area contributed by atoms with Crippen molar-refractivity contribution in [2.75, 3.05) is 13.2 Å². The van der Waals surface area contributed by atoms with Gasteiger partial charge >= 0.3 is 0 Å². The normalized spacial score (nSPS) is 18.9. The lowest BCUT2D eigenvalue weighted by Crippen LogP contribution is -2.36. The molecule has 10 heteroatoms. The van der Waals surface area contributed by atoms with Gasteiger partial charge < -0.3 is 20.4 Å². The van der Waals surface area contributed by atoms with Crippen molar-refractivity contribution < 1.29 is 19.8 Å². The molecule has 2 amide bonds. The largest absolute Gasteiger partial charge is 0.492 e. The number of aromatic hydroxyl groups is 1. The van der Waals surface area contributed by atoms with E-state index in [4.69, 9.17) is 0 Å². The zero-order valence-electron chi connectivity index (χ0n) is 18.3. The third kappa shape index (κ3) is 4.14. The van der Waals surface area contributed by atoms with E-state index < -0.39 is 17.3 Å². The number of hydrogen-bond acceptors (Lipinski definition) is 6. The van der Waals surface area contributed by atoms with Gasteiger partial charge in [-0.15, -0.1) is 0 Å². The molecule has 172 valence electrons. The Morgan fingerprint density at radius 3 is 2.72 bits per heavy atom. The summed E-state index contributed by atoms with van der Waals surface area (Å²) in [7, 11) is 0. The van der Waals surface area contributed by atoms with Gasteiger partial charge in [-0.25, -0.2) is 0 Å². The Morgan fingerprint density at radius 1 is 1.31 bits per heavy atom. The molecule has 1 saturated carbocycles. The maximum absolute atomic E-state index is 13.2. The first-order valence-corrected chi connectivity index (χ1v) is 11.1. The summed E-state index contributed by atoms with van der Waals surface area (Å²) in [6.45, 7) is 4.70. The molecule has 0 unspecified atom stereocenters. The second-order valence-electron chi connectivity index (χ2n) is 8.93. The van der Waals surface area contributed by atoms with Crippen LogP contribution in [-0.2, 0) is 11.3 Å². The minimum absolute atomic E-state index is 0.0333. The SMILES string of the molecule is CC(C)Cn1c(=O)c(C(=O)NC2CC2)c(O)n2ncc(/C=C/C(=O)N3CCC[C@H]3CO)c12. The Balaban J connectivity index is 1.75. The molecule has 0 spiro atoms. The van der Waals surface area contributed by atoms with E-state index in [1.165, 1.54) is 21.4 Å². The summed E-state index contributed by atoms with van der Waals surface area (Å²) in [6.07, 6.45) is 7.71. The Kier molecular flexibility index (Phi) is 6.05. The molecule has 4 rings (SSSR count). The fraction of sp³-hybridized carbons (Fsp3) is 0.545. The Morgan fingerprint density at radius 2 is 2.06 bits per heavy atom. The van der Waals surface area contributed by atoms with Gasteiger partial charge in [-0.1, -0.05) is 13.8 Å². The van der Waals surface area contributed by atoms with Gasteiger partial charge in [0.2, 0.25) is 11.8 Å². The third-order valence-corrected chi connectivity index (χ3v) is 5.87. The number of fused-ring (bicyclic) bond motifs is 1. The predicted octanol–water partition coefficient (Wildman–Crippen LogP) is 0.746. The molecule has 1 saturated heterocycles. The monoisotopic (exact) mass is 443 g/mol. The van der Waals surface area contributed by atoms with Crippen molar-refractivity contribution in [3.63, 3.8) is 0 Å². The third-order valence-electron chi connectivity index (χ3n) is 5.87. The van der Waals surface area contributed by atoms with Crippen molar-refractivity contribution in [3.8, 4) is 5.88 Å². The fourth-order valence-electron chi connectivity index (χ4n) is 4.12. The van der Waals surface area contributed by atoms with E-state index in [0.717, 1.165) is 25.7 Å². The summed E-state index contributed by atoms with van der Waals surface area (Å²) in [5.74, 6) is -1.28. The number of likely N-dealkylation sites (tertiary alicyclic amines) is 1. The summed E-state index contributed by atoms with van der Waals surface area (Å²) in [5, 5.41) is 27.1. The van der Waals surface area contributed by atoms with E-state index in [-0.39, 0.29) is 36.1 Å². The summed E-state index contributed by atoms with van der Waals surface area (Å²) in [5.41, 5.74) is -0.139. The number of carbonyl (C=O) groups is 2. The highest BCUT2D eigenvalue weighted by Gasteiger charge is 2.30. The molecule has 0 bridgehead atoms. The Bertz CT molecular complexity index is 1130. The molecule has 1 aliphatic carbocycles. The van der Waals surface area contributed by atoms with Crippen LogP contribution in [0.1, 0.15) is 55.5 Å². The number of hydrogen-bond donors (Lipinski definition) is 3. The molecular weight excluding hydrogens is 414 g/mol. The minimum Gasteiger partial charge on any atom is -0.492 e. The number of aliphatic hydroxyl groups is 1. The molecule has 2 aromatic heterocycles. The number of nitrogens with zero attached hydrogens (tertiary/aromatic N) is 4. The van der Waals surface area contributed by atoms with E-state index >= 15 is 0 Å². The maximum Gasteiger partial charge on any atom is 0.270 e. The molecule has 1 atom stereocenters. The summed E-state index contributed by atoms with van der Waals surface area (Å²) < 4.78 is 2.60. The molecule has 0 radical (unpaired) electrons. The lowest BCUT2D eigenvalue weighted by atomic mass is 10.2.